The smallest absolute Gasteiger partial charge is 0.174 e. The lowest BCUT2D eigenvalue weighted by atomic mass is 9.49. The van der Waals surface area contributed by atoms with Crippen LogP contribution in [0.1, 0.15) is 31.8 Å². The zero-order valence-electron chi connectivity index (χ0n) is 14.4. The molecule has 1 spiro atoms. The number of ether oxygens (including phenoxy) is 2. The first-order valence-electron chi connectivity index (χ1n) is 8.77. The fourth-order valence-electron chi connectivity index (χ4n) is 5.58. The van der Waals surface area contributed by atoms with Crippen molar-refractivity contribution in [3.8, 4) is 11.5 Å². The molecule has 1 saturated heterocycles. The number of Topliss-reactive ketones (excluding diaryl/α,β-unsaturated/α-hetero) is 1. The van der Waals surface area contributed by atoms with Gasteiger partial charge < -0.3 is 19.5 Å². The van der Waals surface area contributed by atoms with Crippen molar-refractivity contribution in [2.45, 2.75) is 48.8 Å². The van der Waals surface area contributed by atoms with Crippen molar-refractivity contribution in [3.63, 3.8) is 0 Å². The van der Waals surface area contributed by atoms with Crippen molar-refractivity contribution in [2.24, 2.45) is 0 Å². The molecular weight excluding hydrogens is 294 g/mol. The van der Waals surface area contributed by atoms with Gasteiger partial charge in [-0.3, -0.25) is 4.79 Å². The Kier molecular flexibility index (Phi) is 2.27. The predicted octanol–water partition coefficient (Wildman–Crippen LogP) is 1.05. The zero-order valence-corrected chi connectivity index (χ0v) is 13.4. The van der Waals surface area contributed by atoms with Crippen molar-refractivity contribution < 1.29 is 20.7 Å². The maximum atomic E-state index is 12.7. The first-order chi connectivity index (χ1) is 11.4. The van der Waals surface area contributed by atoms with Crippen LogP contribution < -0.4 is 9.47 Å². The molecular formula is C18H21NO4. The highest BCUT2D eigenvalue weighted by molar-refractivity contribution is 5.90. The van der Waals surface area contributed by atoms with Gasteiger partial charge in [-0.05, 0) is 44.5 Å². The summed E-state index contributed by atoms with van der Waals surface area (Å²) in [5, 5.41) is 11.8. The van der Waals surface area contributed by atoms with Crippen molar-refractivity contribution >= 4 is 5.78 Å². The SMILES string of the molecule is [3H]c1cc(OC)c2c3c1C[C@H]1N(C)CCC34C(O2)C(=O)CC[C@@]14O. The van der Waals surface area contributed by atoms with E-state index in [1.54, 1.807) is 13.2 Å². The van der Waals surface area contributed by atoms with E-state index in [1.807, 2.05) is 7.05 Å². The van der Waals surface area contributed by atoms with Crippen molar-refractivity contribution in [1.82, 2.24) is 4.90 Å². The summed E-state index contributed by atoms with van der Waals surface area (Å²) in [6, 6.07) is 2.00. The van der Waals surface area contributed by atoms with E-state index < -0.39 is 17.1 Å². The third-order valence-electron chi connectivity index (χ3n) is 6.64. The minimum absolute atomic E-state index is 0.0561. The number of likely N-dealkylation sites (tertiary alicyclic amines) is 1. The number of likely N-dealkylation sites (N-methyl/N-ethyl adjacent to an activating group) is 1. The van der Waals surface area contributed by atoms with E-state index in [1.165, 1.54) is 0 Å². The highest BCUT2D eigenvalue weighted by Crippen LogP contribution is 2.64. The van der Waals surface area contributed by atoms with E-state index in [-0.39, 0.29) is 11.8 Å². The Hall–Kier alpha value is -1.59. The normalized spacial score (nSPS) is 41.2. The van der Waals surface area contributed by atoms with Crippen LogP contribution in [-0.2, 0) is 16.6 Å². The van der Waals surface area contributed by atoms with Crippen LogP contribution in [0.4, 0.5) is 0 Å². The van der Waals surface area contributed by atoms with Gasteiger partial charge in [-0.15, -0.1) is 0 Å². The van der Waals surface area contributed by atoms with Gasteiger partial charge in [-0.25, -0.2) is 0 Å². The number of piperidine rings is 1. The molecule has 0 radical (unpaired) electrons. The first kappa shape index (κ1) is 12.8. The predicted molar refractivity (Wildman–Crippen MR) is 83.0 cm³/mol. The summed E-state index contributed by atoms with van der Waals surface area (Å²) in [6.45, 7) is 0.809. The van der Waals surface area contributed by atoms with Crippen LogP contribution in [0.3, 0.4) is 0 Å². The van der Waals surface area contributed by atoms with Crippen LogP contribution in [0.15, 0.2) is 12.1 Å². The van der Waals surface area contributed by atoms with Gasteiger partial charge in [0.05, 0.1) is 19.5 Å². The second-order valence-electron chi connectivity index (χ2n) is 7.35. The molecule has 2 fully saturated rings. The van der Waals surface area contributed by atoms with Gasteiger partial charge in [0.1, 0.15) is 0 Å². The van der Waals surface area contributed by atoms with Gasteiger partial charge in [0, 0.05) is 18.0 Å². The van der Waals surface area contributed by atoms with E-state index in [0.29, 0.717) is 43.2 Å². The zero-order chi connectivity index (χ0) is 16.9. The molecule has 1 N–H and O–H groups in total. The number of carbonyl (C=O) groups excluding carboxylic acids is 1. The topological polar surface area (TPSA) is 59.0 Å². The van der Waals surface area contributed by atoms with E-state index in [4.69, 9.17) is 10.8 Å². The molecule has 2 heterocycles. The van der Waals surface area contributed by atoms with Gasteiger partial charge in [0.15, 0.2) is 23.4 Å². The summed E-state index contributed by atoms with van der Waals surface area (Å²) in [7, 11) is 3.57. The Labute approximate surface area is 136 Å². The van der Waals surface area contributed by atoms with Crippen molar-refractivity contribution in [2.75, 3.05) is 20.7 Å². The highest BCUT2D eigenvalue weighted by Gasteiger charge is 2.72. The lowest BCUT2D eigenvalue weighted by Gasteiger charge is -2.62. The summed E-state index contributed by atoms with van der Waals surface area (Å²) in [5.74, 6) is 1.13. The number of hydrogen-bond donors (Lipinski definition) is 1. The monoisotopic (exact) mass is 317 g/mol. The standard InChI is InChI=1S/C18H21NO4/c1-19-8-7-17-14-10-3-4-12(22-2)15(14)23-16(17)11(20)5-6-18(17,21)13(19)9-10/h3-4,13,16,21H,5-9H2,1-2H3/t13-,16?,17?,18-/m1/s1/i3T. The maximum Gasteiger partial charge on any atom is 0.174 e. The molecule has 4 atom stereocenters. The van der Waals surface area contributed by atoms with Crippen LogP contribution >= 0.6 is 0 Å². The average molecular weight is 317 g/mol. The van der Waals surface area contributed by atoms with Crippen LogP contribution in [0, 0.1) is 0 Å². The molecule has 1 saturated carbocycles. The van der Waals surface area contributed by atoms with Crippen LogP contribution in [0.5, 0.6) is 11.5 Å². The average Bonchev–Trinajstić information content (AvgIpc) is 2.90. The van der Waals surface area contributed by atoms with Gasteiger partial charge in [-0.2, -0.15) is 0 Å². The molecule has 2 unspecified atom stereocenters. The molecule has 2 aliphatic carbocycles. The number of nitrogens with zero attached hydrogens (tertiary/aromatic N) is 1. The Balaban J connectivity index is 1.88. The summed E-state index contributed by atoms with van der Waals surface area (Å²) >= 11 is 0. The molecule has 23 heavy (non-hydrogen) atoms. The Morgan fingerprint density at radius 3 is 3.13 bits per heavy atom. The van der Waals surface area contributed by atoms with Crippen LogP contribution in [0.2, 0.25) is 0 Å². The van der Waals surface area contributed by atoms with E-state index in [9.17, 15) is 9.90 Å². The molecule has 4 aliphatic rings. The molecule has 1 aromatic carbocycles. The Morgan fingerprint density at radius 2 is 2.35 bits per heavy atom. The van der Waals surface area contributed by atoms with Gasteiger partial charge in [0.25, 0.3) is 0 Å². The molecule has 2 bridgehead atoms. The highest BCUT2D eigenvalue weighted by atomic mass is 16.5. The molecule has 1 aromatic rings. The fourth-order valence-corrected chi connectivity index (χ4v) is 5.58. The summed E-state index contributed by atoms with van der Waals surface area (Å²) in [6.07, 6.45) is 1.43. The molecule has 0 aromatic heterocycles. The van der Waals surface area contributed by atoms with Gasteiger partial charge in [-0.1, -0.05) is 6.04 Å². The molecule has 5 rings (SSSR count). The molecule has 5 nitrogen and oxygen atoms in total. The minimum Gasteiger partial charge on any atom is -0.493 e. The molecule has 122 valence electrons. The van der Waals surface area contributed by atoms with E-state index in [2.05, 4.69) is 4.90 Å². The van der Waals surface area contributed by atoms with E-state index in [0.717, 1.165) is 17.7 Å². The van der Waals surface area contributed by atoms with Gasteiger partial charge >= 0.3 is 0 Å². The lowest BCUT2D eigenvalue weighted by Crippen LogP contribution is -2.76. The Bertz CT molecular complexity index is 781. The number of ketones is 1. The van der Waals surface area contributed by atoms with Crippen LogP contribution in [-0.4, -0.2) is 54.2 Å². The van der Waals surface area contributed by atoms with Crippen LogP contribution in [0.25, 0.3) is 0 Å². The number of rotatable bonds is 1. The second-order valence-corrected chi connectivity index (χ2v) is 7.35. The quantitative estimate of drug-likeness (QED) is 0.839. The Morgan fingerprint density at radius 1 is 1.52 bits per heavy atom. The van der Waals surface area contributed by atoms with E-state index >= 15 is 0 Å². The van der Waals surface area contributed by atoms with Crippen molar-refractivity contribution in [1.29, 1.82) is 0 Å². The summed E-state index contributed by atoms with van der Waals surface area (Å²) < 4.78 is 20.0. The number of methoxy groups -OCH3 is 1. The molecule has 0 amide bonds. The fraction of sp³-hybridized carbons (Fsp3) is 0.611. The number of hydrogen-bond acceptors (Lipinski definition) is 5. The third-order valence-corrected chi connectivity index (χ3v) is 6.64. The van der Waals surface area contributed by atoms with Gasteiger partial charge in [0.2, 0.25) is 0 Å². The molecule has 2 aliphatic heterocycles. The largest absolute Gasteiger partial charge is 0.493 e. The van der Waals surface area contributed by atoms with Crippen molar-refractivity contribution in [3.05, 3.63) is 23.2 Å². The third kappa shape index (κ3) is 1.32. The molecule has 5 heteroatoms. The summed E-state index contributed by atoms with van der Waals surface area (Å²) in [4.78, 5) is 14.9. The lowest BCUT2D eigenvalue weighted by molar-refractivity contribution is -0.185. The second kappa shape index (κ2) is 4.08. The number of carbonyl (C=O) groups is 1. The maximum absolute atomic E-state index is 12.7. The summed E-state index contributed by atoms with van der Waals surface area (Å²) in [5.41, 5.74) is 0.0588. The number of benzene rings is 1. The number of aliphatic hydroxyl groups is 1. The minimum atomic E-state index is -0.990. The first-order valence-corrected chi connectivity index (χ1v) is 8.27.